The Bertz CT molecular complexity index is 874. The molecule has 1 atom stereocenters. The molecule has 0 aromatic heterocycles. The summed E-state index contributed by atoms with van der Waals surface area (Å²) in [6.45, 7) is 7.25. The van der Waals surface area contributed by atoms with Gasteiger partial charge in [-0.25, -0.2) is 4.79 Å². The number of carboxylic acid groups (broad SMARTS) is 1. The van der Waals surface area contributed by atoms with E-state index in [2.05, 4.69) is 10.6 Å². The van der Waals surface area contributed by atoms with Crippen LogP contribution in [0.15, 0.2) is 42.5 Å². The van der Waals surface area contributed by atoms with Crippen LogP contribution >= 0.6 is 0 Å². The van der Waals surface area contributed by atoms with E-state index in [1.807, 2.05) is 26.8 Å². The summed E-state index contributed by atoms with van der Waals surface area (Å²) < 4.78 is 0. The number of amides is 2. The van der Waals surface area contributed by atoms with Crippen LogP contribution < -0.4 is 10.6 Å². The lowest BCUT2D eigenvalue weighted by atomic mass is 10.0. The first-order valence-corrected chi connectivity index (χ1v) is 8.71. The van der Waals surface area contributed by atoms with Gasteiger partial charge in [0, 0.05) is 11.3 Å². The predicted octanol–water partition coefficient (Wildman–Crippen LogP) is 3.39. The second-order valence-corrected chi connectivity index (χ2v) is 6.89. The number of aromatic carboxylic acids is 1. The molecule has 142 valence electrons. The van der Waals surface area contributed by atoms with Crippen molar-refractivity contribution in [3.8, 4) is 0 Å². The molecule has 0 aliphatic carbocycles. The van der Waals surface area contributed by atoms with E-state index in [4.69, 9.17) is 5.11 Å². The molecule has 6 nitrogen and oxygen atoms in total. The molecular weight excluding hydrogens is 344 g/mol. The van der Waals surface area contributed by atoms with E-state index in [0.29, 0.717) is 16.8 Å². The molecule has 0 bridgehead atoms. The third-order valence-corrected chi connectivity index (χ3v) is 4.24. The topological polar surface area (TPSA) is 95.5 Å². The fourth-order valence-electron chi connectivity index (χ4n) is 2.75. The lowest BCUT2D eigenvalue weighted by molar-refractivity contribution is -0.118. The van der Waals surface area contributed by atoms with Gasteiger partial charge in [-0.3, -0.25) is 9.59 Å². The molecule has 0 radical (unpaired) electrons. The maximum atomic E-state index is 12.7. The summed E-state index contributed by atoms with van der Waals surface area (Å²) in [5, 5.41) is 14.6. The van der Waals surface area contributed by atoms with Crippen LogP contribution in [0.25, 0.3) is 0 Å². The first-order valence-electron chi connectivity index (χ1n) is 8.71. The first-order chi connectivity index (χ1) is 12.7. The minimum atomic E-state index is -1.02. The van der Waals surface area contributed by atoms with Gasteiger partial charge < -0.3 is 15.7 Å². The molecule has 3 N–H and O–H groups in total. The van der Waals surface area contributed by atoms with Gasteiger partial charge in [0.1, 0.15) is 6.04 Å². The lowest BCUT2D eigenvalue weighted by Crippen LogP contribution is -2.47. The summed E-state index contributed by atoms with van der Waals surface area (Å²) in [5.41, 5.74) is 2.67. The predicted molar refractivity (Wildman–Crippen MR) is 104 cm³/mol. The Morgan fingerprint density at radius 2 is 1.70 bits per heavy atom. The van der Waals surface area contributed by atoms with Crippen LogP contribution in [0, 0.1) is 19.8 Å². The smallest absolute Gasteiger partial charge is 0.335 e. The van der Waals surface area contributed by atoms with Crippen molar-refractivity contribution in [1.29, 1.82) is 0 Å². The minimum absolute atomic E-state index is 0.127. The van der Waals surface area contributed by atoms with E-state index in [9.17, 15) is 14.4 Å². The van der Waals surface area contributed by atoms with Gasteiger partial charge in [-0.15, -0.1) is 0 Å². The van der Waals surface area contributed by atoms with Crippen molar-refractivity contribution < 1.29 is 19.5 Å². The second kappa shape index (κ2) is 8.49. The fourth-order valence-corrected chi connectivity index (χ4v) is 2.75. The molecule has 0 saturated heterocycles. The summed E-state index contributed by atoms with van der Waals surface area (Å²) in [5.74, 6) is -1.81. The largest absolute Gasteiger partial charge is 0.478 e. The molecule has 0 aliphatic rings. The van der Waals surface area contributed by atoms with Gasteiger partial charge in [0.15, 0.2) is 0 Å². The van der Waals surface area contributed by atoms with Gasteiger partial charge in [-0.2, -0.15) is 0 Å². The number of anilines is 1. The van der Waals surface area contributed by atoms with Crippen molar-refractivity contribution in [1.82, 2.24) is 5.32 Å². The van der Waals surface area contributed by atoms with Gasteiger partial charge >= 0.3 is 5.97 Å². The van der Waals surface area contributed by atoms with Crippen molar-refractivity contribution >= 4 is 23.5 Å². The van der Waals surface area contributed by atoms with Crippen molar-refractivity contribution in [2.45, 2.75) is 33.7 Å². The van der Waals surface area contributed by atoms with Crippen LogP contribution in [0.3, 0.4) is 0 Å². The van der Waals surface area contributed by atoms with Crippen LogP contribution in [0.5, 0.6) is 0 Å². The third-order valence-electron chi connectivity index (χ3n) is 4.24. The molecule has 2 amide bonds. The summed E-state index contributed by atoms with van der Waals surface area (Å²) >= 11 is 0. The van der Waals surface area contributed by atoms with Crippen molar-refractivity contribution in [3.63, 3.8) is 0 Å². The van der Waals surface area contributed by atoms with E-state index in [1.165, 1.54) is 12.1 Å². The minimum Gasteiger partial charge on any atom is -0.478 e. The third kappa shape index (κ3) is 5.17. The van der Waals surface area contributed by atoms with Gasteiger partial charge in [-0.1, -0.05) is 31.5 Å². The number of hydrogen-bond acceptors (Lipinski definition) is 3. The number of benzene rings is 2. The number of hydrogen-bond donors (Lipinski definition) is 3. The Labute approximate surface area is 158 Å². The average molecular weight is 368 g/mol. The molecule has 2 rings (SSSR count). The molecular formula is C21H24N2O4. The molecule has 0 spiro atoms. The van der Waals surface area contributed by atoms with E-state index in [1.54, 1.807) is 31.2 Å². The number of carbonyl (C=O) groups excluding carboxylic acids is 2. The van der Waals surface area contributed by atoms with Crippen LogP contribution in [-0.2, 0) is 4.79 Å². The van der Waals surface area contributed by atoms with E-state index < -0.39 is 12.0 Å². The van der Waals surface area contributed by atoms with Crippen LogP contribution in [0.1, 0.15) is 45.7 Å². The van der Waals surface area contributed by atoms with Gasteiger partial charge in [0.2, 0.25) is 5.91 Å². The molecule has 2 aromatic carbocycles. The summed E-state index contributed by atoms with van der Waals surface area (Å²) in [6.07, 6.45) is 0. The highest BCUT2D eigenvalue weighted by Gasteiger charge is 2.25. The van der Waals surface area contributed by atoms with Gasteiger partial charge in [0.25, 0.3) is 5.91 Å². The zero-order chi connectivity index (χ0) is 20.1. The second-order valence-electron chi connectivity index (χ2n) is 6.89. The Balaban J connectivity index is 2.14. The summed E-state index contributed by atoms with van der Waals surface area (Å²) in [7, 11) is 0. The van der Waals surface area contributed by atoms with Crippen molar-refractivity contribution in [2.24, 2.45) is 5.92 Å². The normalized spacial score (nSPS) is 11.7. The number of aryl methyl sites for hydroxylation is 2. The molecule has 6 heteroatoms. The zero-order valence-corrected chi connectivity index (χ0v) is 15.9. The molecule has 2 aromatic rings. The number of carboxylic acids is 1. The van der Waals surface area contributed by atoms with E-state index in [-0.39, 0.29) is 23.3 Å². The maximum Gasteiger partial charge on any atom is 0.335 e. The van der Waals surface area contributed by atoms with E-state index >= 15 is 0 Å². The molecule has 0 heterocycles. The average Bonchev–Trinajstić information content (AvgIpc) is 2.58. The Morgan fingerprint density at radius 1 is 1.00 bits per heavy atom. The Kier molecular flexibility index (Phi) is 6.34. The van der Waals surface area contributed by atoms with Crippen LogP contribution in [0.4, 0.5) is 5.69 Å². The molecule has 0 saturated carbocycles. The zero-order valence-electron chi connectivity index (χ0n) is 15.9. The summed E-state index contributed by atoms with van der Waals surface area (Å²) in [6, 6.07) is 11.0. The fraction of sp³-hybridized carbons (Fsp3) is 0.286. The van der Waals surface area contributed by atoms with Gasteiger partial charge in [-0.05, 0) is 55.7 Å². The number of carbonyl (C=O) groups is 3. The monoisotopic (exact) mass is 368 g/mol. The quantitative estimate of drug-likeness (QED) is 0.728. The molecule has 1 unspecified atom stereocenters. The standard InChI is InChI=1S/C21H24N2O4/c1-12(2)18(23-19(24)15-7-5-6-13(3)10-15)20(25)22-16-8-9-17(21(26)27)14(4)11-16/h5-12,18H,1-4H3,(H,22,25)(H,23,24)(H,26,27). The van der Waals surface area contributed by atoms with Crippen LogP contribution in [0.2, 0.25) is 0 Å². The van der Waals surface area contributed by atoms with Crippen molar-refractivity contribution in [2.75, 3.05) is 5.32 Å². The van der Waals surface area contributed by atoms with Gasteiger partial charge in [0.05, 0.1) is 5.56 Å². The molecule has 27 heavy (non-hydrogen) atoms. The first kappa shape index (κ1) is 20.2. The molecule has 0 aliphatic heterocycles. The molecule has 0 fully saturated rings. The lowest BCUT2D eigenvalue weighted by Gasteiger charge is -2.22. The summed E-state index contributed by atoms with van der Waals surface area (Å²) in [4.78, 5) is 36.3. The highest BCUT2D eigenvalue weighted by atomic mass is 16.4. The highest BCUT2D eigenvalue weighted by Crippen LogP contribution is 2.16. The maximum absolute atomic E-state index is 12.7. The number of nitrogens with one attached hydrogen (secondary N) is 2. The van der Waals surface area contributed by atoms with Crippen LogP contribution in [-0.4, -0.2) is 28.9 Å². The van der Waals surface area contributed by atoms with Crippen molar-refractivity contribution in [3.05, 3.63) is 64.7 Å². The Morgan fingerprint density at radius 3 is 2.26 bits per heavy atom. The number of rotatable bonds is 6. The Hall–Kier alpha value is -3.15. The van der Waals surface area contributed by atoms with E-state index in [0.717, 1.165) is 5.56 Å². The SMILES string of the molecule is Cc1cccc(C(=O)NC(C(=O)Nc2ccc(C(=O)O)c(C)c2)C(C)C)c1. The highest BCUT2D eigenvalue weighted by molar-refractivity contribution is 6.01.